The summed E-state index contributed by atoms with van der Waals surface area (Å²) in [5, 5.41) is 0.742. The van der Waals surface area contributed by atoms with Crippen molar-refractivity contribution >= 4 is 46.4 Å². The van der Waals surface area contributed by atoms with Crippen molar-refractivity contribution in [3.63, 3.8) is 0 Å². The smallest absolute Gasteiger partial charge is 0.254 e. The summed E-state index contributed by atoms with van der Waals surface area (Å²) in [7, 11) is 0. The number of hydrogen-bond donors (Lipinski definition) is 0. The van der Waals surface area contributed by atoms with Gasteiger partial charge in [-0.15, -0.1) is 0 Å². The number of fused-ring (bicyclic) bond motifs is 2. The fourth-order valence-electron chi connectivity index (χ4n) is 4.63. The van der Waals surface area contributed by atoms with Gasteiger partial charge in [-0.3, -0.25) is 9.79 Å². The van der Waals surface area contributed by atoms with E-state index < -0.39 is 0 Å². The van der Waals surface area contributed by atoms with E-state index >= 15 is 0 Å². The molecule has 34 heavy (non-hydrogen) atoms. The molecular formula is C28H28ClN3OS. The molecule has 0 atom stereocenters. The molecule has 3 aromatic carbocycles. The number of benzene rings is 3. The molecule has 174 valence electrons. The number of carbonyl (C=O) groups excluding carboxylic acids is 1. The predicted octanol–water partition coefficient (Wildman–Crippen LogP) is 6.91. The lowest BCUT2D eigenvalue weighted by atomic mass is 10.0. The first-order valence-corrected chi connectivity index (χ1v) is 12.9. The molecule has 3 aromatic rings. The number of rotatable bonds is 3. The largest absolute Gasteiger partial charge is 0.368 e. The minimum atomic E-state index is 0.0705. The molecule has 0 N–H and O–H groups in total. The van der Waals surface area contributed by atoms with E-state index in [4.69, 9.17) is 16.6 Å². The lowest BCUT2D eigenvalue weighted by Gasteiger charge is -2.37. The van der Waals surface area contributed by atoms with Crippen LogP contribution in [0.4, 0.5) is 11.4 Å². The highest BCUT2D eigenvalue weighted by Crippen LogP contribution is 2.41. The highest BCUT2D eigenvalue weighted by Gasteiger charge is 2.25. The number of carbonyl (C=O) groups is 1. The van der Waals surface area contributed by atoms with Gasteiger partial charge < -0.3 is 9.80 Å². The van der Waals surface area contributed by atoms with Crippen molar-refractivity contribution < 1.29 is 4.79 Å². The van der Waals surface area contributed by atoms with Crippen LogP contribution in [0.1, 0.15) is 40.4 Å². The second-order valence-corrected chi connectivity index (χ2v) is 10.4. The SMILES string of the molecule is CCC1=Nc2cc(C(=O)N3CCN(c4cc(Cl)ccc4C)CC3)ccc2Sc2ccc(C)cc21. The number of aryl methyl sites for hydroxylation is 2. The van der Waals surface area contributed by atoms with E-state index in [1.165, 1.54) is 21.6 Å². The van der Waals surface area contributed by atoms with Gasteiger partial charge in [-0.1, -0.05) is 48.0 Å². The predicted molar refractivity (Wildman–Crippen MR) is 143 cm³/mol. The molecule has 0 bridgehead atoms. The number of hydrogen-bond acceptors (Lipinski definition) is 4. The molecule has 5 rings (SSSR count). The summed E-state index contributed by atoms with van der Waals surface area (Å²) < 4.78 is 0. The van der Waals surface area contributed by atoms with E-state index in [2.05, 4.69) is 43.9 Å². The molecule has 0 spiro atoms. The maximum absolute atomic E-state index is 13.4. The lowest BCUT2D eigenvalue weighted by Crippen LogP contribution is -2.49. The molecule has 0 aromatic heterocycles. The Balaban J connectivity index is 1.36. The van der Waals surface area contributed by atoms with Crippen LogP contribution in [0.5, 0.6) is 0 Å². The van der Waals surface area contributed by atoms with Crippen LogP contribution < -0.4 is 4.90 Å². The van der Waals surface area contributed by atoms with Crippen LogP contribution in [-0.4, -0.2) is 42.7 Å². The number of nitrogens with zero attached hydrogens (tertiary/aromatic N) is 3. The Hall–Kier alpha value is -2.76. The molecular weight excluding hydrogens is 462 g/mol. The number of amides is 1. The molecule has 0 aliphatic carbocycles. The highest BCUT2D eigenvalue weighted by atomic mass is 35.5. The second kappa shape index (κ2) is 9.47. The van der Waals surface area contributed by atoms with E-state index in [1.807, 2.05) is 41.3 Å². The molecule has 2 aliphatic rings. The zero-order valence-electron chi connectivity index (χ0n) is 19.8. The number of piperazine rings is 1. The minimum absolute atomic E-state index is 0.0705. The highest BCUT2D eigenvalue weighted by molar-refractivity contribution is 7.99. The van der Waals surface area contributed by atoms with Crippen molar-refractivity contribution in [2.75, 3.05) is 31.1 Å². The maximum atomic E-state index is 13.4. The maximum Gasteiger partial charge on any atom is 0.254 e. The van der Waals surface area contributed by atoms with Gasteiger partial charge in [0.25, 0.3) is 5.91 Å². The van der Waals surface area contributed by atoms with Crippen LogP contribution >= 0.6 is 23.4 Å². The lowest BCUT2D eigenvalue weighted by molar-refractivity contribution is 0.0746. The summed E-state index contributed by atoms with van der Waals surface area (Å²) in [5.41, 5.74) is 7.44. The Bertz CT molecular complexity index is 1290. The van der Waals surface area contributed by atoms with E-state index in [9.17, 15) is 4.79 Å². The van der Waals surface area contributed by atoms with Gasteiger partial charge in [-0.2, -0.15) is 0 Å². The van der Waals surface area contributed by atoms with E-state index in [1.54, 1.807) is 11.8 Å². The molecule has 1 fully saturated rings. The van der Waals surface area contributed by atoms with E-state index in [0.717, 1.165) is 46.5 Å². The van der Waals surface area contributed by atoms with Gasteiger partial charge in [-0.05, 0) is 68.3 Å². The molecule has 2 aliphatic heterocycles. The average molecular weight is 490 g/mol. The first-order valence-electron chi connectivity index (χ1n) is 11.7. The van der Waals surface area contributed by atoms with Crippen LogP contribution in [-0.2, 0) is 0 Å². The third kappa shape index (κ3) is 4.47. The third-order valence-electron chi connectivity index (χ3n) is 6.54. The van der Waals surface area contributed by atoms with Crippen molar-refractivity contribution in [2.24, 2.45) is 4.99 Å². The summed E-state index contributed by atoms with van der Waals surface area (Å²) in [4.78, 5) is 25.0. The van der Waals surface area contributed by atoms with Crippen molar-refractivity contribution in [3.8, 4) is 0 Å². The van der Waals surface area contributed by atoms with Crippen LogP contribution in [0.2, 0.25) is 5.02 Å². The van der Waals surface area contributed by atoms with Gasteiger partial charge >= 0.3 is 0 Å². The Kier molecular flexibility index (Phi) is 6.41. The molecule has 1 saturated heterocycles. The van der Waals surface area contributed by atoms with Crippen LogP contribution in [0.15, 0.2) is 69.4 Å². The summed E-state index contributed by atoms with van der Waals surface area (Å²) >= 11 is 7.95. The zero-order valence-corrected chi connectivity index (χ0v) is 21.3. The summed E-state index contributed by atoms with van der Waals surface area (Å²) in [6.07, 6.45) is 0.847. The van der Waals surface area contributed by atoms with Gasteiger partial charge in [0.05, 0.1) is 5.69 Å². The van der Waals surface area contributed by atoms with Crippen LogP contribution in [0, 0.1) is 13.8 Å². The summed E-state index contributed by atoms with van der Waals surface area (Å²) in [6.45, 7) is 9.30. The standard InChI is InChI=1S/C28H28ClN3OS/c1-4-23-22-15-18(2)5-9-26(22)34-27-10-7-20(16-24(27)30-23)28(33)32-13-11-31(12-14-32)25-17-21(29)8-6-19(25)3/h5-10,15-17H,4,11-14H2,1-3H3. The zero-order chi connectivity index (χ0) is 23.8. The second-order valence-electron chi connectivity index (χ2n) is 8.91. The minimum Gasteiger partial charge on any atom is -0.368 e. The van der Waals surface area contributed by atoms with Crippen molar-refractivity contribution in [1.29, 1.82) is 0 Å². The molecule has 0 unspecified atom stereocenters. The van der Waals surface area contributed by atoms with Crippen LogP contribution in [0.3, 0.4) is 0 Å². The van der Waals surface area contributed by atoms with Crippen molar-refractivity contribution in [3.05, 3.63) is 81.9 Å². The monoisotopic (exact) mass is 489 g/mol. The number of halogens is 1. The van der Waals surface area contributed by atoms with Crippen molar-refractivity contribution in [1.82, 2.24) is 4.90 Å². The Morgan fingerprint density at radius 2 is 1.74 bits per heavy atom. The van der Waals surface area contributed by atoms with Crippen LogP contribution in [0.25, 0.3) is 0 Å². The number of anilines is 1. The molecule has 0 radical (unpaired) electrons. The average Bonchev–Trinajstić information content (AvgIpc) is 3.01. The Morgan fingerprint density at radius 3 is 2.50 bits per heavy atom. The third-order valence-corrected chi connectivity index (χ3v) is 7.92. The fourth-order valence-corrected chi connectivity index (χ4v) is 5.80. The van der Waals surface area contributed by atoms with Gasteiger partial charge in [0.15, 0.2) is 0 Å². The van der Waals surface area contributed by atoms with Gasteiger partial charge in [-0.25, -0.2) is 0 Å². The number of aliphatic imine (C=N–C) groups is 1. The topological polar surface area (TPSA) is 35.9 Å². The normalized spacial score (nSPS) is 15.4. The first kappa shape index (κ1) is 23.0. The fraction of sp³-hybridized carbons (Fsp3) is 0.286. The Labute approximate surface area is 210 Å². The van der Waals surface area contributed by atoms with E-state index in [0.29, 0.717) is 18.7 Å². The summed E-state index contributed by atoms with van der Waals surface area (Å²) in [6, 6.07) is 18.5. The quantitative estimate of drug-likeness (QED) is 0.400. The molecule has 0 saturated carbocycles. The molecule has 6 heteroatoms. The molecule has 4 nitrogen and oxygen atoms in total. The van der Waals surface area contributed by atoms with Gasteiger partial charge in [0.1, 0.15) is 0 Å². The van der Waals surface area contributed by atoms with E-state index in [-0.39, 0.29) is 5.91 Å². The van der Waals surface area contributed by atoms with Gasteiger partial charge in [0, 0.05) is 63.5 Å². The van der Waals surface area contributed by atoms with Crippen molar-refractivity contribution in [2.45, 2.75) is 37.0 Å². The Morgan fingerprint density at radius 1 is 0.971 bits per heavy atom. The van der Waals surface area contributed by atoms with Gasteiger partial charge in [0.2, 0.25) is 0 Å². The summed E-state index contributed by atoms with van der Waals surface area (Å²) in [5.74, 6) is 0.0705. The molecule has 1 amide bonds. The first-order chi connectivity index (χ1) is 16.4. The molecule has 2 heterocycles.